The Morgan fingerprint density at radius 3 is 2.44 bits per heavy atom. The van der Waals surface area contributed by atoms with Crippen LogP contribution in [-0.2, 0) is 0 Å². The first-order valence-corrected chi connectivity index (χ1v) is 8.02. The maximum Gasteiger partial charge on any atom is 0.256 e. The quantitative estimate of drug-likeness (QED) is 0.562. The van der Waals surface area contributed by atoms with E-state index in [0.29, 0.717) is 22.6 Å². The summed E-state index contributed by atoms with van der Waals surface area (Å²) in [6.45, 7) is 5.45. The monoisotopic (exact) mass is 382 g/mol. The molecular formula is C18H20Cl2N2O3. The zero-order chi connectivity index (χ0) is 19.0. The molecule has 0 heterocycles. The van der Waals surface area contributed by atoms with Crippen LogP contribution in [0.2, 0.25) is 0 Å². The second kappa shape index (κ2) is 9.91. The highest BCUT2D eigenvalue weighted by Crippen LogP contribution is 2.34. The zero-order valence-electron chi connectivity index (χ0n) is 14.5. The molecular weight excluding hydrogens is 363 g/mol. The molecule has 0 aliphatic heterocycles. The number of methoxy groups -OCH3 is 2. The van der Waals surface area contributed by atoms with E-state index in [2.05, 4.69) is 16.9 Å². The second-order valence-corrected chi connectivity index (χ2v) is 5.60. The average Bonchev–Trinajstić information content (AvgIpc) is 2.58. The lowest BCUT2D eigenvalue weighted by molar-refractivity contribution is 0.0966. The van der Waals surface area contributed by atoms with Crippen molar-refractivity contribution in [1.82, 2.24) is 5.32 Å². The molecule has 25 heavy (non-hydrogen) atoms. The molecule has 0 spiro atoms. The van der Waals surface area contributed by atoms with Crippen LogP contribution in [0.4, 0.5) is 0 Å². The van der Waals surface area contributed by atoms with E-state index in [1.165, 1.54) is 20.4 Å². The van der Waals surface area contributed by atoms with Gasteiger partial charge in [-0.1, -0.05) is 41.9 Å². The molecule has 1 rings (SSSR count). The number of hydrogen-bond donors (Lipinski definition) is 1. The highest BCUT2D eigenvalue weighted by molar-refractivity contribution is 6.42. The third kappa shape index (κ3) is 5.11. The Morgan fingerprint density at radius 1 is 1.28 bits per heavy atom. The van der Waals surface area contributed by atoms with E-state index < -0.39 is 5.91 Å². The van der Waals surface area contributed by atoms with Crippen molar-refractivity contribution in [2.75, 3.05) is 21.3 Å². The minimum absolute atomic E-state index is 0.0892. The van der Waals surface area contributed by atoms with Gasteiger partial charge in [-0.15, -0.1) is 0 Å². The third-order valence-corrected chi connectivity index (χ3v) is 3.63. The van der Waals surface area contributed by atoms with Crippen LogP contribution in [0, 0.1) is 0 Å². The minimum atomic E-state index is -0.423. The summed E-state index contributed by atoms with van der Waals surface area (Å²) in [6.07, 6.45) is 4.92. The molecule has 0 unspecified atom stereocenters. The van der Waals surface area contributed by atoms with Gasteiger partial charge in [-0.05, 0) is 19.1 Å². The fourth-order valence-corrected chi connectivity index (χ4v) is 2.55. The van der Waals surface area contributed by atoms with Gasteiger partial charge in [-0.25, -0.2) is 0 Å². The lowest BCUT2D eigenvalue weighted by Gasteiger charge is -2.16. The smallest absolute Gasteiger partial charge is 0.256 e. The molecule has 0 radical (unpaired) electrons. The van der Waals surface area contributed by atoms with Gasteiger partial charge in [-0.3, -0.25) is 9.79 Å². The van der Waals surface area contributed by atoms with Crippen LogP contribution in [0.15, 0.2) is 45.5 Å². The number of nitrogens with one attached hydrogen (secondary N) is 1. The Kier molecular flexibility index (Phi) is 8.25. The number of amides is 1. The fraction of sp³-hybridized carbons (Fsp3) is 0.222. The summed E-state index contributed by atoms with van der Waals surface area (Å²) in [5.41, 5.74) is 1.12. The van der Waals surface area contributed by atoms with Gasteiger partial charge in [-0.2, -0.15) is 0 Å². The van der Waals surface area contributed by atoms with Gasteiger partial charge in [0.1, 0.15) is 0 Å². The van der Waals surface area contributed by atoms with E-state index in [-0.39, 0.29) is 15.8 Å². The van der Waals surface area contributed by atoms with Gasteiger partial charge in [0, 0.05) is 18.8 Å². The Hall–Kier alpha value is -2.24. The summed E-state index contributed by atoms with van der Waals surface area (Å²) >= 11 is 12.0. The molecule has 1 aromatic carbocycles. The van der Waals surface area contributed by atoms with Crippen LogP contribution in [0.25, 0.3) is 6.08 Å². The van der Waals surface area contributed by atoms with Crippen molar-refractivity contribution in [3.8, 4) is 11.5 Å². The van der Waals surface area contributed by atoms with Crippen molar-refractivity contribution in [3.63, 3.8) is 0 Å². The first-order valence-electron chi connectivity index (χ1n) is 7.26. The van der Waals surface area contributed by atoms with Crippen molar-refractivity contribution >= 4 is 41.4 Å². The van der Waals surface area contributed by atoms with E-state index in [1.807, 2.05) is 6.92 Å². The van der Waals surface area contributed by atoms with Crippen molar-refractivity contribution in [2.45, 2.75) is 6.92 Å². The molecule has 0 aliphatic carbocycles. The molecule has 0 fully saturated rings. The first-order chi connectivity index (χ1) is 11.9. The molecule has 0 bridgehead atoms. The van der Waals surface area contributed by atoms with Crippen LogP contribution in [0.5, 0.6) is 11.5 Å². The van der Waals surface area contributed by atoms with Crippen molar-refractivity contribution in [2.24, 2.45) is 4.99 Å². The van der Waals surface area contributed by atoms with Gasteiger partial charge in [0.15, 0.2) is 11.5 Å². The number of carbonyl (C=O) groups excluding carboxylic acids is 1. The van der Waals surface area contributed by atoms with E-state index >= 15 is 0 Å². The maximum atomic E-state index is 12.8. The Labute approximate surface area is 157 Å². The summed E-state index contributed by atoms with van der Waals surface area (Å²) in [5.74, 6) is 0.541. The Morgan fingerprint density at radius 2 is 1.96 bits per heavy atom. The molecule has 1 aromatic rings. The lowest BCUT2D eigenvalue weighted by Crippen LogP contribution is -2.25. The number of ether oxygens (including phenoxy) is 2. The predicted octanol–water partition coefficient (Wildman–Crippen LogP) is 4.37. The molecule has 7 heteroatoms. The lowest BCUT2D eigenvalue weighted by atomic mass is 10.0. The Balaban J connectivity index is 3.43. The number of carbonyl (C=O) groups is 1. The molecule has 0 aromatic heterocycles. The van der Waals surface area contributed by atoms with Crippen LogP contribution >= 0.6 is 23.2 Å². The topological polar surface area (TPSA) is 59.9 Å². The SMILES string of the molecule is C=C(Cl)/C(NC(=O)c1ccc(OC)c(OC)c1/C=C/C)=C(/Cl)C=NC. The van der Waals surface area contributed by atoms with Gasteiger partial charge in [0.05, 0.1) is 35.5 Å². The summed E-state index contributed by atoms with van der Waals surface area (Å²) in [5, 5.41) is 2.92. The summed E-state index contributed by atoms with van der Waals surface area (Å²) in [4.78, 5) is 16.6. The van der Waals surface area contributed by atoms with Crippen LogP contribution in [-0.4, -0.2) is 33.4 Å². The molecule has 5 nitrogen and oxygen atoms in total. The van der Waals surface area contributed by atoms with Crippen molar-refractivity contribution < 1.29 is 14.3 Å². The predicted molar refractivity (Wildman–Crippen MR) is 104 cm³/mol. The number of hydrogen-bond acceptors (Lipinski definition) is 4. The van der Waals surface area contributed by atoms with Crippen LogP contribution < -0.4 is 14.8 Å². The maximum absolute atomic E-state index is 12.8. The first kappa shape index (κ1) is 20.8. The highest BCUT2D eigenvalue weighted by Gasteiger charge is 2.20. The van der Waals surface area contributed by atoms with E-state index in [1.54, 1.807) is 31.3 Å². The molecule has 0 atom stereocenters. The van der Waals surface area contributed by atoms with Crippen molar-refractivity contribution in [3.05, 3.63) is 51.7 Å². The number of benzene rings is 1. The van der Waals surface area contributed by atoms with Gasteiger partial charge < -0.3 is 14.8 Å². The van der Waals surface area contributed by atoms with Gasteiger partial charge >= 0.3 is 0 Å². The summed E-state index contributed by atoms with van der Waals surface area (Å²) in [7, 11) is 4.59. The molecule has 1 amide bonds. The minimum Gasteiger partial charge on any atom is -0.493 e. The standard InChI is InChI=1S/C18H20Cl2N2O3/c1-6-7-12-13(8-9-15(24-4)17(12)25-5)18(23)22-16(11(2)19)14(20)10-21-3/h6-10H,2H2,1,3-5H3,(H,22,23)/b7-6+,16-14-,21-10?. The van der Waals surface area contributed by atoms with Crippen LogP contribution in [0.3, 0.4) is 0 Å². The number of aliphatic imine (C=N–C) groups is 1. The van der Waals surface area contributed by atoms with E-state index in [4.69, 9.17) is 32.7 Å². The van der Waals surface area contributed by atoms with E-state index in [9.17, 15) is 4.79 Å². The van der Waals surface area contributed by atoms with Crippen molar-refractivity contribution in [1.29, 1.82) is 0 Å². The normalized spacial score (nSPS) is 12.2. The van der Waals surface area contributed by atoms with E-state index in [0.717, 1.165) is 0 Å². The largest absolute Gasteiger partial charge is 0.493 e. The average molecular weight is 383 g/mol. The Bertz CT molecular complexity index is 753. The zero-order valence-corrected chi connectivity index (χ0v) is 16.0. The third-order valence-electron chi connectivity index (χ3n) is 3.15. The molecule has 1 N–H and O–H groups in total. The number of rotatable bonds is 7. The fourth-order valence-electron chi connectivity index (χ4n) is 2.10. The summed E-state index contributed by atoms with van der Waals surface area (Å²) in [6, 6.07) is 3.28. The number of allylic oxidation sites excluding steroid dienone is 3. The number of halogens is 2. The molecule has 0 saturated carbocycles. The molecule has 134 valence electrons. The van der Waals surface area contributed by atoms with Gasteiger partial charge in [0.2, 0.25) is 0 Å². The molecule has 0 saturated heterocycles. The molecule has 0 aliphatic rings. The summed E-state index contributed by atoms with van der Waals surface area (Å²) < 4.78 is 10.7. The van der Waals surface area contributed by atoms with Gasteiger partial charge in [0.25, 0.3) is 5.91 Å². The second-order valence-electron chi connectivity index (χ2n) is 4.73. The highest BCUT2D eigenvalue weighted by atomic mass is 35.5. The number of nitrogens with zero attached hydrogens (tertiary/aromatic N) is 1. The van der Waals surface area contributed by atoms with Crippen LogP contribution in [0.1, 0.15) is 22.8 Å².